The van der Waals surface area contributed by atoms with Gasteiger partial charge in [0.05, 0.1) is 0 Å². The summed E-state index contributed by atoms with van der Waals surface area (Å²) in [4.78, 5) is 39.2. The summed E-state index contributed by atoms with van der Waals surface area (Å²) in [6.45, 7) is 4.04. The molecule has 1 N–H and O–H groups in total. The van der Waals surface area contributed by atoms with E-state index in [1.54, 1.807) is 6.92 Å². The van der Waals surface area contributed by atoms with Gasteiger partial charge in [-0.15, -0.1) is 0 Å². The van der Waals surface area contributed by atoms with Gasteiger partial charge in [0.25, 0.3) is 17.4 Å². The average Bonchev–Trinajstić information content (AvgIpc) is 2.83. The second-order valence-corrected chi connectivity index (χ2v) is 7.81. The highest BCUT2D eigenvalue weighted by atomic mass is 16.5. The first-order chi connectivity index (χ1) is 16.7. The number of rotatable bonds is 10. The molecule has 0 aliphatic carbocycles. The topological polar surface area (TPSA) is 146 Å². The Labute approximate surface area is 203 Å². The van der Waals surface area contributed by atoms with Crippen LogP contribution in [0.15, 0.2) is 33.7 Å². The summed E-state index contributed by atoms with van der Waals surface area (Å²) in [5.41, 5.74) is 0.120. The molecule has 0 aromatic carbocycles. The Hall–Kier alpha value is -3.99. The molecule has 2 amide bonds. The van der Waals surface area contributed by atoms with E-state index in [9.17, 15) is 30.0 Å². The molecule has 0 atom stereocenters. The Morgan fingerprint density at radius 2 is 1.60 bits per heavy atom. The molecule has 0 saturated heterocycles. The van der Waals surface area contributed by atoms with E-state index in [1.165, 1.54) is 39.4 Å². The number of nitrogens with zero attached hydrogens (tertiary/aromatic N) is 4. The highest BCUT2D eigenvalue weighted by molar-refractivity contribution is 6.18. The van der Waals surface area contributed by atoms with Crippen LogP contribution in [0, 0.1) is 29.6 Å². The molecule has 1 aliphatic heterocycles. The summed E-state index contributed by atoms with van der Waals surface area (Å²) in [5.74, 6) is -1.51. The van der Waals surface area contributed by atoms with Gasteiger partial charge in [-0.2, -0.15) is 10.5 Å². The number of hydrogen-bond donors (Lipinski definition) is 1. The fraction of sp³-hybridized carbons (Fsp3) is 0.400. The van der Waals surface area contributed by atoms with Crippen molar-refractivity contribution in [1.29, 1.82) is 10.5 Å². The molecule has 0 spiro atoms. The van der Waals surface area contributed by atoms with Crippen molar-refractivity contribution < 1.29 is 24.2 Å². The zero-order valence-electron chi connectivity index (χ0n) is 20.3. The molecule has 1 aromatic rings. The summed E-state index contributed by atoms with van der Waals surface area (Å²) in [5, 5.41) is 29.7. The highest BCUT2D eigenvalue weighted by Crippen LogP contribution is 2.27. The highest BCUT2D eigenvalue weighted by Gasteiger charge is 2.34. The van der Waals surface area contributed by atoms with Crippen LogP contribution >= 0.6 is 0 Å². The predicted octanol–water partition coefficient (Wildman–Crippen LogP) is 1.96. The van der Waals surface area contributed by atoms with Crippen LogP contribution in [0.2, 0.25) is 0 Å². The van der Waals surface area contributed by atoms with Gasteiger partial charge in [0.2, 0.25) is 5.88 Å². The summed E-state index contributed by atoms with van der Waals surface area (Å²) in [7, 11) is 3.03. The third kappa shape index (κ3) is 5.75. The Bertz CT molecular complexity index is 1240. The van der Waals surface area contributed by atoms with E-state index in [0.717, 1.165) is 9.47 Å². The lowest BCUT2D eigenvalue weighted by atomic mass is 9.94. The summed E-state index contributed by atoms with van der Waals surface area (Å²) < 4.78 is 11.1. The van der Waals surface area contributed by atoms with Gasteiger partial charge in [-0.1, -0.05) is 6.08 Å². The number of carbonyl (C=O) groups is 2. The van der Waals surface area contributed by atoms with Crippen LogP contribution < -0.4 is 5.56 Å². The Balaban J connectivity index is 2.52. The molecule has 1 aromatic heterocycles. The minimum Gasteiger partial charge on any atom is -0.494 e. The molecule has 2 rings (SSSR count). The molecule has 2 heterocycles. The zero-order chi connectivity index (χ0) is 26.1. The van der Waals surface area contributed by atoms with Crippen LogP contribution in [0.4, 0.5) is 0 Å². The van der Waals surface area contributed by atoms with Crippen LogP contribution in [0.25, 0.3) is 6.08 Å². The second-order valence-electron chi connectivity index (χ2n) is 7.81. The van der Waals surface area contributed by atoms with Crippen LogP contribution in [-0.4, -0.2) is 60.4 Å². The monoisotopic (exact) mass is 480 g/mol. The van der Waals surface area contributed by atoms with Crippen LogP contribution in [0.5, 0.6) is 5.88 Å². The lowest BCUT2D eigenvalue weighted by Gasteiger charge is -2.27. The van der Waals surface area contributed by atoms with E-state index in [-0.39, 0.29) is 46.8 Å². The van der Waals surface area contributed by atoms with Crippen molar-refractivity contribution >= 4 is 17.9 Å². The van der Waals surface area contributed by atoms with Crippen LogP contribution in [0.1, 0.15) is 36.5 Å². The maximum absolute atomic E-state index is 13.0. The SMILES string of the molecule is COCCCN1C(=O)C(=CC=Cc2c(C)c(C#N)c(=O)n(CCCOC)c2O)C(C)=C(C#N)C1=O. The summed E-state index contributed by atoms with van der Waals surface area (Å²) in [6.07, 6.45) is 5.26. The van der Waals surface area contributed by atoms with Crippen LogP contribution in [-0.2, 0) is 25.6 Å². The Morgan fingerprint density at radius 3 is 2.17 bits per heavy atom. The standard InChI is InChI=1S/C25H28N4O6/c1-16-18(22(30)28(10-6-12-34-3)24(32)20(16)14-26)8-5-9-19-17(2)21(15-27)25(33)29(23(19)31)11-7-13-35-4/h5,8-9,30H,6-7,10-13H2,1-4H3. The smallest absolute Gasteiger partial charge is 0.271 e. The maximum atomic E-state index is 13.0. The number of aromatic nitrogens is 1. The molecule has 184 valence electrons. The van der Waals surface area contributed by atoms with Gasteiger partial charge in [0.1, 0.15) is 23.3 Å². The van der Waals surface area contributed by atoms with Crippen LogP contribution in [0.3, 0.4) is 0 Å². The van der Waals surface area contributed by atoms with Crippen molar-refractivity contribution in [3.8, 4) is 18.0 Å². The number of carbonyl (C=O) groups excluding carboxylic acids is 2. The van der Waals surface area contributed by atoms with Gasteiger partial charge in [0, 0.05) is 51.7 Å². The zero-order valence-corrected chi connectivity index (χ0v) is 20.3. The molecule has 35 heavy (non-hydrogen) atoms. The molecular formula is C25H28N4O6. The Kier molecular flexibility index (Phi) is 9.71. The van der Waals surface area contributed by atoms with Crippen molar-refractivity contribution in [3.63, 3.8) is 0 Å². The normalized spacial score (nSPS) is 15.3. The number of hydrogen-bond acceptors (Lipinski definition) is 8. The first-order valence-corrected chi connectivity index (χ1v) is 10.9. The van der Waals surface area contributed by atoms with Crippen molar-refractivity contribution in [2.45, 2.75) is 33.2 Å². The van der Waals surface area contributed by atoms with Crippen molar-refractivity contribution in [2.75, 3.05) is 34.0 Å². The van der Waals surface area contributed by atoms with E-state index in [2.05, 4.69) is 0 Å². The largest absolute Gasteiger partial charge is 0.494 e. The molecule has 0 unspecified atom stereocenters. The van der Waals surface area contributed by atoms with Crippen molar-refractivity contribution in [1.82, 2.24) is 9.47 Å². The summed E-state index contributed by atoms with van der Waals surface area (Å²) >= 11 is 0. The number of ether oxygens (including phenoxy) is 2. The number of imide groups is 1. The first-order valence-electron chi connectivity index (χ1n) is 10.9. The molecule has 0 bridgehead atoms. The van der Waals surface area contributed by atoms with Gasteiger partial charge < -0.3 is 14.6 Å². The number of methoxy groups -OCH3 is 2. The number of allylic oxidation sites excluding steroid dienone is 2. The fourth-order valence-electron chi connectivity index (χ4n) is 3.71. The van der Waals surface area contributed by atoms with Gasteiger partial charge in [-0.25, -0.2) is 0 Å². The maximum Gasteiger partial charge on any atom is 0.271 e. The fourth-order valence-corrected chi connectivity index (χ4v) is 3.71. The second kappa shape index (κ2) is 12.5. The van der Waals surface area contributed by atoms with E-state index >= 15 is 0 Å². The number of amides is 2. The minimum atomic E-state index is -0.650. The van der Waals surface area contributed by atoms with Gasteiger partial charge >= 0.3 is 0 Å². The minimum absolute atomic E-state index is 0.0981. The number of pyridine rings is 1. The Morgan fingerprint density at radius 1 is 0.971 bits per heavy atom. The third-order valence-corrected chi connectivity index (χ3v) is 5.66. The first kappa shape index (κ1) is 27.3. The average molecular weight is 481 g/mol. The predicted molar refractivity (Wildman–Crippen MR) is 127 cm³/mol. The van der Waals surface area contributed by atoms with Gasteiger partial charge in [0.15, 0.2) is 0 Å². The quantitative estimate of drug-likeness (QED) is 0.304. The van der Waals surface area contributed by atoms with E-state index in [4.69, 9.17) is 9.47 Å². The molecule has 0 fully saturated rings. The molecule has 10 heteroatoms. The molecule has 10 nitrogen and oxygen atoms in total. The lowest BCUT2D eigenvalue weighted by molar-refractivity contribution is -0.140. The summed E-state index contributed by atoms with van der Waals surface area (Å²) in [6, 6.07) is 3.76. The third-order valence-electron chi connectivity index (χ3n) is 5.66. The van der Waals surface area contributed by atoms with Gasteiger partial charge in [-0.3, -0.25) is 23.9 Å². The molecular weight excluding hydrogens is 452 g/mol. The molecule has 0 saturated carbocycles. The van der Waals surface area contributed by atoms with E-state index < -0.39 is 17.4 Å². The van der Waals surface area contributed by atoms with Crippen molar-refractivity contribution in [3.05, 3.63) is 55.9 Å². The number of aromatic hydroxyl groups is 1. The molecule has 0 radical (unpaired) electrons. The molecule has 1 aliphatic rings. The lowest BCUT2D eigenvalue weighted by Crippen LogP contribution is -2.43. The van der Waals surface area contributed by atoms with E-state index in [1.807, 2.05) is 12.1 Å². The van der Waals surface area contributed by atoms with Gasteiger partial charge in [-0.05, 0) is 50.0 Å². The number of nitriles is 2. The van der Waals surface area contributed by atoms with E-state index in [0.29, 0.717) is 31.6 Å². The van der Waals surface area contributed by atoms with Crippen molar-refractivity contribution in [2.24, 2.45) is 0 Å².